The second-order valence-corrected chi connectivity index (χ2v) is 8.68. The summed E-state index contributed by atoms with van der Waals surface area (Å²) in [7, 11) is 1.68. The number of aliphatic hydroxyl groups is 1. The van der Waals surface area contributed by atoms with Crippen LogP contribution in [0.2, 0.25) is 0 Å². The molecule has 6 heteroatoms. The Morgan fingerprint density at radius 1 is 1.13 bits per heavy atom. The van der Waals surface area contributed by atoms with E-state index in [4.69, 9.17) is 19.6 Å². The molecule has 4 rings (SSSR count). The van der Waals surface area contributed by atoms with Crippen LogP contribution < -0.4 is 14.8 Å². The zero-order valence-corrected chi connectivity index (χ0v) is 18.7. The van der Waals surface area contributed by atoms with E-state index in [1.807, 2.05) is 38.2 Å². The zero-order valence-electron chi connectivity index (χ0n) is 18.7. The topological polar surface area (TPSA) is 76.5 Å². The molecule has 0 fully saturated rings. The van der Waals surface area contributed by atoms with Crippen molar-refractivity contribution in [3.05, 3.63) is 58.8 Å². The number of fused-ring (bicyclic) bond motifs is 3. The third-order valence-electron chi connectivity index (χ3n) is 5.76. The highest BCUT2D eigenvalue weighted by atomic mass is 16.5. The number of rotatable bonds is 6. The fourth-order valence-corrected chi connectivity index (χ4v) is 4.36. The molecule has 2 N–H and O–H groups in total. The van der Waals surface area contributed by atoms with Gasteiger partial charge in [0.25, 0.3) is 0 Å². The van der Waals surface area contributed by atoms with Crippen molar-refractivity contribution in [2.24, 2.45) is 0 Å². The lowest BCUT2D eigenvalue weighted by Crippen LogP contribution is -2.26. The van der Waals surface area contributed by atoms with Crippen LogP contribution in [0.25, 0.3) is 11.3 Å². The molecule has 0 bridgehead atoms. The molecule has 0 radical (unpaired) electrons. The molecule has 3 aromatic rings. The molecule has 1 aliphatic rings. The van der Waals surface area contributed by atoms with E-state index >= 15 is 0 Å². The maximum atomic E-state index is 9.03. The van der Waals surface area contributed by atoms with Crippen molar-refractivity contribution in [3.8, 4) is 22.8 Å². The van der Waals surface area contributed by atoms with E-state index in [-0.39, 0.29) is 18.6 Å². The maximum absolute atomic E-state index is 9.03. The zero-order chi connectivity index (χ0) is 22.2. The third kappa shape index (κ3) is 4.08. The summed E-state index contributed by atoms with van der Waals surface area (Å²) in [5.41, 5.74) is 7.33. The standard InChI is InChI=1S/C25H29N3O3/c1-15-10-18(11-16(2)23(15)31-9-8-29)27-24-26-14-17-13-25(3,4)21-7-6-19(30-5)12-20(21)22(17)28-24/h6-7,10-12,14,29H,8-9,13H2,1-5H3,(H,26,27,28). The van der Waals surface area contributed by atoms with Crippen molar-refractivity contribution in [1.82, 2.24) is 9.97 Å². The molecule has 1 aromatic heterocycles. The number of aromatic nitrogens is 2. The average molecular weight is 420 g/mol. The van der Waals surface area contributed by atoms with Crippen LogP contribution in [0.1, 0.15) is 36.1 Å². The second-order valence-electron chi connectivity index (χ2n) is 8.68. The van der Waals surface area contributed by atoms with Gasteiger partial charge in [0.15, 0.2) is 0 Å². The number of aliphatic hydroxyl groups excluding tert-OH is 1. The predicted molar refractivity (Wildman–Crippen MR) is 123 cm³/mol. The fourth-order valence-electron chi connectivity index (χ4n) is 4.36. The minimum atomic E-state index is -0.00902. The summed E-state index contributed by atoms with van der Waals surface area (Å²) < 4.78 is 11.1. The first-order chi connectivity index (χ1) is 14.8. The Balaban J connectivity index is 1.69. The van der Waals surface area contributed by atoms with Crippen LogP contribution in [-0.4, -0.2) is 35.4 Å². The SMILES string of the molecule is COc1ccc2c(c1)-c1nc(Nc3cc(C)c(OCCO)c(C)c3)ncc1CC2(C)C. The summed E-state index contributed by atoms with van der Waals surface area (Å²) in [6, 6.07) is 10.2. The minimum absolute atomic E-state index is 0.00549. The summed E-state index contributed by atoms with van der Waals surface area (Å²) >= 11 is 0. The number of hydrogen-bond donors (Lipinski definition) is 2. The van der Waals surface area contributed by atoms with Gasteiger partial charge >= 0.3 is 0 Å². The van der Waals surface area contributed by atoms with Crippen LogP contribution >= 0.6 is 0 Å². The first kappa shape index (κ1) is 21.1. The van der Waals surface area contributed by atoms with Crippen molar-refractivity contribution in [2.45, 2.75) is 39.5 Å². The van der Waals surface area contributed by atoms with Gasteiger partial charge in [0.05, 0.1) is 19.4 Å². The molecule has 0 saturated carbocycles. The Morgan fingerprint density at radius 3 is 2.55 bits per heavy atom. The van der Waals surface area contributed by atoms with Gasteiger partial charge in [-0.25, -0.2) is 9.97 Å². The van der Waals surface area contributed by atoms with E-state index in [9.17, 15) is 0 Å². The van der Waals surface area contributed by atoms with E-state index < -0.39 is 0 Å². The average Bonchev–Trinajstić information content (AvgIpc) is 2.73. The first-order valence-electron chi connectivity index (χ1n) is 10.5. The molecular weight excluding hydrogens is 390 g/mol. The van der Waals surface area contributed by atoms with Crippen LogP contribution in [0.5, 0.6) is 11.5 Å². The van der Waals surface area contributed by atoms with Gasteiger partial charge in [-0.1, -0.05) is 19.9 Å². The minimum Gasteiger partial charge on any atom is -0.497 e. The van der Waals surface area contributed by atoms with Crippen LogP contribution in [0.4, 0.5) is 11.6 Å². The Labute approximate surface area is 183 Å². The number of nitrogens with one attached hydrogen (secondary N) is 1. The number of ether oxygens (including phenoxy) is 2. The lowest BCUT2D eigenvalue weighted by atomic mass is 9.72. The molecule has 0 atom stereocenters. The van der Waals surface area contributed by atoms with Crippen LogP contribution in [0.15, 0.2) is 36.5 Å². The van der Waals surface area contributed by atoms with E-state index in [1.165, 1.54) is 5.56 Å². The Kier molecular flexibility index (Phi) is 5.58. The van der Waals surface area contributed by atoms with Gasteiger partial charge in [-0.05, 0) is 72.2 Å². The summed E-state index contributed by atoms with van der Waals surface area (Å²) in [4.78, 5) is 9.46. The van der Waals surface area contributed by atoms with Gasteiger partial charge in [-0.3, -0.25) is 0 Å². The van der Waals surface area contributed by atoms with E-state index in [1.54, 1.807) is 7.11 Å². The van der Waals surface area contributed by atoms with E-state index in [0.29, 0.717) is 5.95 Å². The highest BCUT2D eigenvalue weighted by Crippen LogP contribution is 2.43. The van der Waals surface area contributed by atoms with Gasteiger partial charge in [0, 0.05) is 17.4 Å². The number of nitrogens with zero attached hydrogens (tertiary/aromatic N) is 2. The lowest BCUT2D eigenvalue weighted by Gasteiger charge is -2.33. The van der Waals surface area contributed by atoms with Crippen LogP contribution in [0.3, 0.4) is 0 Å². The Hall–Kier alpha value is -3.12. The van der Waals surface area contributed by atoms with Crippen molar-refractivity contribution >= 4 is 11.6 Å². The molecule has 0 aliphatic heterocycles. The number of benzene rings is 2. The van der Waals surface area contributed by atoms with Crippen LogP contribution in [-0.2, 0) is 11.8 Å². The predicted octanol–water partition coefficient (Wildman–Crippen LogP) is 4.72. The lowest BCUT2D eigenvalue weighted by molar-refractivity contribution is 0.200. The van der Waals surface area contributed by atoms with Gasteiger partial charge in [0.2, 0.25) is 5.95 Å². The van der Waals surface area contributed by atoms with E-state index in [0.717, 1.165) is 51.6 Å². The Bertz CT molecular complexity index is 1100. The van der Waals surface area contributed by atoms with E-state index in [2.05, 4.69) is 36.3 Å². The van der Waals surface area contributed by atoms with Gasteiger partial charge in [0.1, 0.15) is 18.1 Å². The molecule has 2 aromatic carbocycles. The summed E-state index contributed by atoms with van der Waals surface area (Å²) in [5, 5.41) is 12.4. The van der Waals surface area contributed by atoms with Crippen molar-refractivity contribution in [1.29, 1.82) is 0 Å². The molecule has 1 heterocycles. The maximum Gasteiger partial charge on any atom is 0.227 e. The summed E-state index contributed by atoms with van der Waals surface area (Å²) in [6.07, 6.45) is 2.81. The van der Waals surface area contributed by atoms with Gasteiger partial charge in [-0.15, -0.1) is 0 Å². The monoisotopic (exact) mass is 419 g/mol. The van der Waals surface area contributed by atoms with Gasteiger partial charge in [-0.2, -0.15) is 0 Å². The van der Waals surface area contributed by atoms with Crippen molar-refractivity contribution < 1.29 is 14.6 Å². The third-order valence-corrected chi connectivity index (χ3v) is 5.76. The van der Waals surface area contributed by atoms with Crippen LogP contribution in [0, 0.1) is 13.8 Å². The van der Waals surface area contributed by atoms with Gasteiger partial charge < -0.3 is 19.9 Å². The number of hydrogen-bond acceptors (Lipinski definition) is 6. The summed E-state index contributed by atoms with van der Waals surface area (Å²) in [5.74, 6) is 2.17. The molecule has 0 spiro atoms. The first-order valence-corrected chi connectivity index (χ1v) is 10.5. The van der Waals surface area contributed by atoms with Crippen molar-refractivity contribution in [2.75, 3.05) is 25.6 Å². The normalized spacial score (nSPS) is 13.9. The fraction of sp³-hybridized carbons (Fsp3) is 0.360. The molecule has 162 valence electrons. The highest BCUT2D eigenvalue weighted by Gasteiger charge is 2.32. The number of aryl methyl sites for hydroxylation is 2. The highest BCUT2D eigenvalue weighted by molar-refractivity contribution is 5.74. The Morgan fingerprint density at radius 2 is 1.87 bits per heavy atom. The second kappa shape index (κ2) is 8.19. The molecule has 0 amide bonds. The summed E-state index contributed by atoms with van der Waals surface area (Å²) in [6.45, 7) is 8.75. The smallest absolute Gasteiger partial charge is 0.227 e. The number of anilines is 2. The molecule has 31 heavy (non-hydrogen) atoms. The quantitative estimate of drug-likeness (QED) is 0.602. The molecule has 0 saturated heterocycles. The molecule has 6 nitrogen and oxygen atoms in total. The largest absolute Gasteiger partial charge is 0.497 e. The van der Waals surface area contributed by atoms with Crippen molar-refractivity contribution in [3.63, 3.8) is 0 Å². The number of methoxy groups -OCH3 is 1. The molecule has 1 aliphatic carbocycles. The molecular formula is C25H29N3O3. The molecule has 0 unspecified atom stereocenters.